The molecule has 2 heterocycles. The van der Waals surface area contributed by atoms with Gasteiger partial charge in [-0.3, -0.25) is 0 Å². The Hall–Kier alpha value is -1.97. The van der Waals surface area contributed by atoms with Gasteiger partial charge in [-0.1, -0.05) is 0 Å². The first-order chi connectivity index (χ1) is 11.4. The van der Waals surface area contributed by atoms with Gasteiger partial charge in [0.15, 0.2) is 0 Å². The quantitative estimate of drug-likeness (QED) is 0.540. The molecule has 8 nitrogen and oxygen atoms in total. The Labute approximate surface area is 136 Å². The average Bonchev–Trinajstić information content (AvgIpc) is 2.55. The van der Waals surface area contributed by atoms with Gasteiger partial charge in [0.1, 0.15) is 35.7 Å². The van der Waals surface area contributed by atoms with E-state index in [1.807, 2.05) is 0 Å². The van der Waals surface area contributed by atoms with Crippen molar-refractivity contribution in [2.24, 2.45) is 0 Å². The van der Waals surface area contributed by atoms with Crippen molar-refractivity contribution in [1.82, 2.24) is 0 Å². The van der Waals surface area contributed by atoms with Crippen LogP contribution in [0.4, 0.5) is 0 Å². The lowest BCUT2D eigenvalue weighted by Gasteiger charge is -2.39. The summed E-state index contributed by atoms with van der Waals surface area (Å²) in [6.45, 7) is 1.23. The maximum absolute atomic E-state index is 11.5. The second kappa shape index (κ2) is 6.50. The van der Waals surface area contributed by atoms with Gasteiger partial charge in [0, 0.05) is 17.5 Å². The third-order valence-electron chi connectivity index (χ3n) is 4.02. The second-order valence-corrected chi connectivity index (χ2v) is 5.72. The van der Waals surface area contributed by atoms with Crippen molar-refractivity contribution in [2.75, 3.05) is 6.61 Å². The summed E-state index contributed by atoms with van der Waals surface area (Å²) < 4.78 is 15.9. The highest BCUT2D eigenvalue weighted by Crippen LogP contribution is 2.27. The van der Waals surface area contributed by atoms with Crippen LogP contribution >= 0.6 is 0 Å². The number of aliphatic hydroxyl groups excluding tert-OH is 4. The minimum atomic E-state index is -1.53. The molecule has 3 rings (SSSR count). The van der Waals surface area contributed by atoms with E-state index < -0.39 is 42.9 Å². The molecule has 1 aromatic heterocycles. The molecule has 5 atom stereocenters. The highest BCUT2D eigenvalue weighted by molar-refractivity contribution is 5.81. The molecule has 0 amide bonds. The monoisotopic (exact) mass is 338 g/mol. The molecule has 130 valence electrons. The molecule has 0 saturated carbocycles. The molecule has 1 aliphatic heterocycles. The summed E-state index contributed by atoms with van der Waals surface area (Å²) in [5.74, 6) is 0.237. The van der Waals surface area contributed by atoms with Crippen LogP contribution in [0.2, 0.25) is 0 Å². The molecule has 4 N–H and O–H groups in total. The highest BCUT2D eigenvalue weighted by Gasteiger charge is 2.44. The topological polar surface area (TPSA) is 130 Å². The van der Waals surface area contributed by atoms with Crippen molar-refractivity contribution in [1.29, 1.82) is 0 Å². The molecule has 8 heteroatoms. The zero-order valence-electron chi connectivity index (χ0n) is 12.8. The third-order valence-corrected chi connectivity index (χ3v) is 4.02. The molecule has 0 spiro atoms. The predicted molar refractivity (Wildman–Crippen MR) is 81.6 cm³/mol. The Kier molecular flexibility index (Phi) is 4.57. The van der Waals surface area contributed by atoms with E-state index in [0.717, 1.165) is 10.9 Å². The van der Waals surface area contributed by atoms with Gasteiger partial charge in [0.2, 0.25) is 6.29 Å². The Balaban J connectivity index is 1.87. The van der Waals surface area contributed by atoms with Crippen LogP contribution in [-0.4, -0.2) is 57.7 Å². The van der Waals surface area contributed by atoms with Crippen LogP contribution in [0, 0.1) is 6.92 Å². The van der Waals surface area contributed by atoms with Crippen LogP contribution in [0.25, 0.3) is 11.0 Å². The molecule has 0 aliphatic carbocycles. The Morgan fingerprint density at radius 1 is 1.12 bits per heavy atom. The van der Waals surface area contributed by atoms with Gasteiger partial charge in [0.25, 0.3) is 0 Å². The first-order valence-corrected chi connectivity index (χ1v) is 7.42. The van der Waals surface area contributed by atoms with Crippen molar-refractivity contribution in [3.63, 3.8) is 0 Å². The number of hydrogen-bond acceptors (Lipinski definition) is 8. The predicted octanol–water partition coefficient (Wildman–Crippen LogP) is -0.720. The van der Waals surface area contributed by atoms with Crippen LogP contribution in [0.5, 0.6) is 5.75 Å². The normalized spacial score (nSPS) is 30.5. The van der Waals surface area contributed by atoms with Crippen LogP contribution in [0.15, 0.2) is 33.5 Å². The molecule has 1 saturated heterocycles. The summed E-state index contributed by atoms with van der Waals surface area (Å²) in [7, 11) is 0. The van der Waals surface area contributed by atoms with E-state index >= 15 is 0 Å². The second-order valence-electron chi connectivity index (χ2n) is 5.72. The number of hydrogen-bond donors (Lipinski definition) is 4. The van der Waals surface area contributed by atoms with Gasteiger partial charge in [-0.05, 0) is 24.6 Å². The first-order valence-electron chi connectivity index (χ1n) is 7.42. The Morgan fingerprint density at radius 2 is 1.88 bits per heavy atom. The minimum absolute atomic E-state index is 0.237. The van der Waals surface area contributed by atoms with Gasteiger partial charge in [0.05, 0.1) is 6.61 Å². The Bertz CT molecular complexity index is 783. The standard InChI is InChI=1S/C16H18O8/c1-7-4-12(18)23-10-5-8(2-3-9(7)10)22-16-15(21)14(20)13(19)11(6-17)24-16/h2-5,11,13-17,19-21H,6H2,1H3/t11?,13-,14+,15?,16-/m1/s1. The van der Waals surface area contributed by atoms with Crippen LogP contribution in [0.3, 0.4) is 0 Å². The van der Waals surface area contributed by atoms with E-state index in [0.29, 0.717) is 5.58 Å². The van der Waals surface area contributed by atoms with E-state index in [9.17, 15) is 20.1 Å². The van der Waals surface area contributed by atoms with Crippen LogP contribution < -0.4 is 10.4 Å². The maximum atomic E-state index is 11.5. The van der Waals surface area contributed by atoms with Gasteiger partial charge in [-0.2, -0.15) is 0 Å². The SMILES string of the molecule is Cc1cc(=O)oc2cc(O[C@@H]3OC(CO)[C@@H](O)[C@H](O)C3O)ccc12. The van der Waals surface area contributed by atoms with Crippen molar-refractivity contribution in [3.8, 4) is 5.75 Å². The largest absolute Gasteiger partial charge is 0.462 e. The molecule has 1 aliphatic rings. The first kappa shape index (κ1) is 16.9. The summed E-state index contributed by atoms with van der Waals surface area (Å²) in [6, 6.07) is 6.12. The fourth-order valence-electron chi connectivity index (χ4n) is 2.68. The molecular weight excluding hydrogens is 320 g/mol. The summed E-state index contributed by atoms with van der Waals surface area (Å²) in [5.41, 5.74) is 0.563. The summed E-state index contributed by atoms with van der Waals surface area (Å²) in [4.78, 5) is 11.5. The number of aliphatic hydroxyl groups is 4. The number of fused-ring (bicyclic) bond motifs is 1. The third kappa shape index (κ3) is 3.02. The lowest BCUT2D eigenvalue weighted by atomic mass is 9.99. The van der Waals surface area contributed by atoms with Gasteiger partial charge >= 0.3 is 5.63 Å². The molecule has 0 radical (unpaired) electrons. The zero-order valence-corrected chi connectivity index (χ0v) is 12.8. The molecule has 0 bridgehead atoms. The summed E-state index contributed by atoms with van der Waals surface area (Å²) in [5, 5.41) is 39.4. The number of ether oxygens (including phenoxy) is 2. The summed E-state index contributed by atoms with van der Waals surface area (Å²) in [6.07, 6.45) is -6.85. The molecule has 2 aromatic rings. The highest BCUT2D eigenvalue weighted by atomic mass is 16.7. The van der Waals surface area contributed by atoms with E-state index in [-0.39, 0.29) is 5.75 Å². The van der Waals surface area contributed by atoms with E-state index in [4.69, 9.17) is 19.0 Å². The van der Waals surface area contributed by atoms with E-state index in [1.165, 1.54) is 12.1 Å². The van der Waals surface area contributed by atoms with Crippen molar-refractivity contribution < 1.29 is 34.3 Å². The number of benzene rings is 1. The lowest BCUT2D eigenvalue weighted by molar-refractivity contribution is -0.277. The lowest BCUT2D eigenvalue weighted by Crippen LogP contribution is -2.60. The Morgan fingerprint density at radius 3 is 2.58 bits per heavy atom. The zero-order chi connectivity index (χ0) is 17.4. The average molecular weight is 338 g/mol. The van der Waals surface area contributed by atoms with Crippen LogP contribution in [-0.2, 0) is 4.74 Å². The molecule has 1 aromatic carbocycles. The van der Waals surface area contributed by atoms with E-state index in [2.05, 4.69) is 0 Å². The minimum Gasteiger partial charge on any atom is -0.462 e. The smallest absolute Gasteiger partial charge is 0.336 e. The van der Waals surface area contributed by atoms with Crippen molar-refractivity contribution >= 4 is 11.0 Å². The fraction of sp³-hybridized carbons (Fsp3) is 0.438. The van der Waals surface area contributed by atoms with Crippen molar-refractivity contribution in [3.05, 3.63) is 40.2 Å². The maximum Gasteiger partial charge on any atom is 0.336 e. The van der Waals surface area contributed by atoms with Gasteiger partial charge < -0.3 is 34.3 Å². The fourth-order valence-corrected chi connectivity index (χ4v) is 2.68. The van der Waals surface area contributed by atoms with Crippen molar-refractivity contribution in [2.45, 2.75) is 37.6 Å². The number of aryl methyl sites for hydroxylation is 1. The van der Waals surface area contributed by atoms with E-state index in [1.54, 1.807) is 19.1 Å². The van der Waals surface area contributed by atoms with Gasteiger partial charge in [-0.25, -0.2) is 4.79 Å². The molecular formula is C16H18O8. The van der Waals surface area contributed by atoms with Gasteiger partial charge in [-0.15, -0.1) is 0 Å². The molecule has 1 fully saturated rings. The molecule has 2 unspecified atom stereocenters. The number of rotatable bonds is 3. The van der Waals surface area contributed by atoms with Crippen LogP contribution in [0.1, 0.15) is 5.56 Å². The summed E-state index contributed by atoms with van der Waals surface area (Å²) >= 11 is 0. The molecule has 24 heavy (non-hydrogen) atoms.